The van der Waals surface area contributed by atoms with E-state index in [1.165, 1.54) is 5.56 Å². The second kappa shape index (κ2) is 7.41. The molecule has 1 unspecified atom stereocenters. The van der Waals surface area contributed by atoms with Gasteiger partial charge in [-0.1, -0.05) is 19.9 Å². The average Bonchev–Trinajstić information content (AvgIpc) is 2.42. The Balaban J connectivity index is 0.000000686. The molecule has 1 atom stereocenters. The Hall–Kier alpha value is -0.930. The van der Waals surface area contributed by atoms with Gasteiger partial charge in [0.1, 0.15) is 0 Å². The highest BCUT2D eigenvalue weighted by molar-refractivity contribution is 5.14. The molecule has 17 heavy (non-hydrogen) atoms. The molecule has 0 radical (unpaired) electrons. The van der Waals surface area contributed by atoms with Crippen molar-refractivity contribution in [2.75, 3.05) is 26.3 Å². The zero-order valence-corrected chi connectivity index (χ0v) is 11.4. The largest absolute Gasteiger partial charge is 0.379 e. The summed E-state index contributed by atoms with van der Waals surface area (Å²) in [5.74, 6) is 0. The van der Waals surface area contributed by atoms with Gasteiger partial charge < -0.3 is 4.74 Å². The van der Waals surface area contributed by atoms with Crippen molar-refractivity contribution < 1.29 is 4.74 Å². The number of ether oxygens (including phenoxy) is 1. The van der Waals surface area contributed by atoms with Crippen molar-refractivity contribution >= 4 is 0 Å². The van der Waals surface area contributed by atoms with Crippen molar-refractivity contribution in [3.05, 3.63) is 29.6 Å². The quantitative estimate of drug-likeness (QED) is 0.789. The van der Waals surface area contributed by atoms with Crippen LogP contribution in [0.3, 0.4) is 0 Å². The zero-order valence-electron chi connectivity index (χ0n) is 11.4. The molecule has 0 N–H and O–H groups in total. The molecule has 1 saturated heterocycles. The van der Waals surface area contributed by atoms with Crippen LogP contribution < -0.4 is 0 Å². The highest BCUT2D eigenvalue weighted by Crippen LogP contribution is 2.18. The number of pyridine rings is 1. The van der Waals surface area contributed by atoms with Gasteiger partial charge in [0, 0.05) is 25.3 Å². The van der Waals surface area contributed by atoms with Crippen LogP contribution in [0.1, 0.15) is 38.1 Å². The van der Waals surface area contributed by atoms with Crippen LogP contribution in [0.2, 0.25) is 0 Å². The molecular formula is C14H24N2O. The summed E-state index contributed by atoms with van der Waals surface area (Å²) >= 11 is 0. The highest BCUT2D eigenvalue weighted by atomic mass is 16.5. The molecule has 0 aliphatic carbocycles. The van der Waals surface area contributed by atoms with Gasteiger partial charge in [0.25, 0.3) is 0 Å². The molecular weight excluding hydrogens is 212 g/mol. The van der Waals surface area contributed by atoms with Crippen molar-refractivity contribution in [3.63, 3.8) is 0 Å². The van der Waals surface area contributed by atoms with Gasteiger partial charge in [-0.15, -0.1) is 0 Å². The molecule has 2 heterocycles. The van der Waals surface area contributed by atoms with Crippen molar-refractivity contribution in [1.82, 2.24) is 9.88 Å². The second-order valence-electron chi connectivity index (χ2n) is 4.08. The van der Waals surface area contributed by atoms with E-state index in [2.05, 4.69) is 35.9 Å². The van der Waals surface area contributed by atoms with Gasteiger partial charge in [-0.25, -0.2) is 0 Å². The standard InChI is InChI=1S/C12H18N2O.C2H6/c1-10-3-4-12(13-9-10)11(2)14-5-7-15-8-6-14;1-2/h3-4,9,11H,5-8H2,1-2H3;1-2H3. The van der Waals surface area contributed by atoms with Crippen LogP contribution in [0.15, 0.2) is 18.3 Å². The number of hydrogen-bond donors (Lipinski definition) is 0. The van der Waals surface area contributed by atoms with E-state index in [9.17, 15) is 0 Å². The molecule has 0 aromatic carbocycles. The number of aryl methyl sites for hydroxylation is 1. The first-order valence-corrected chi connectivity index (χ1v) is 6.52. The van der Waals surface area contributed by atoms with Crippen molar-refractivity contribution in [3.8, 4) is 0 Å². The Morgan fingerprint density at radius 1 is 1.24 bits per heavy atom. The first-order chi connectivity index (χ1) is 8.27. The predicted molar refractivity (Wildman–Crippen MR) is 71.1 cm³/mol. The fourth-order valence-electron chi connectivity index (χ4n) is 1.88. The van der Waals surface area contributed by atoms with E-state index in [0.29, 0.717) is 6.04 Å². The summed E-state index contributed by atoms with van der Waals surface area (Å²) in [5.41, 5.74) is 2.37. The van der Waals surface area contributed by atoms with E-state index in [-0.39, 0.29) is 0 Å². The molecule has 1 aromatic heterocycles. The van der Waals surface area contributed by atoms with Gasteiger partial charge >= 0.3 is 0 Å². The van der Waals surface area contributed by atoms with E-state index >= 15 is 0 Å². The minimum absolute atomic E-state index is 0.398. The number of morpholine rings is 1. The number of rotatable bonds is 2. The topological polar surface area (TPSA) is 25.4 Å². The summed E-state index contributed by atoms with van der Waals surface area (Å²) in [6, 6.07) is 4.64. The van der Waals surface area contributed by atoms with Crippen LogP contribution in [0.4, 0.5) is 0 Å². The molecule has 0 spiro atoms. The Bertz CT molecular complexity index is 305. The van der Waals surface area contributed by atoms with Crippen molar-refractivity contribution in [2.45, 2.75) is 33.7 Å². The summed E-state index contributed by atoms with van der Waals surface area (Å²) < 4.78 is 5.34. The fraction of sp³-hybridized carbons (Fsp3) is 0.643. The van der Waals surface area contributed by atoms with E-state index in [4.69, 9.17) is 4.74 Å². The first kappa shape index (κ1) is 14.1. The molecule has 96 valence electrons. The zero-order chi connectivity index (χ0) is 12.7. The smallest absolute Gasteiger partial charge is 0.0594 e. The molecule has 1 fully saturated rings. The molecule has 1 aliphatic heterocycles. The van der Waals surface area contributed by atoms with Crippen LogP contribution >= 0.6 is 0 Å². The summed E-state index contributed by atoms with van der Waals surface area (Å²) in [6.45, 7) is 12.0. The van der Waals surface area contributed by atoms with Gasteiger partial charge in [0.15, 0.2) is 0 Å². The Morgan fingerprint density at radius 2 is 1.88 bits per heavy atom. The van der Waals surface area contributed by atoms with Gasteiger partial charge in [-0.05, 0) is 25.5 Å². The lowest BCUT2D eigenvalue weighted by Gasteiger charge is -2.31. The Labute approximate surface area is 105 Å². The molecule has 1 aromatic rings. The minimum Gasteiger partial charge on any atom is -0.379 e. The number of aromatic nitrogens is 1. The van der Waals surface area contributed by atoms with Gasteiger partial charge in [0.2, 0.25) is 0 Å². The molecule has 0 saturated carbocycles. The van der Waals surface area contributed by atoms with Crippen molar-refractivity contribution in [2.24, 2.45) is 0 Å². The summed E-state index contributed by atoms with van der Waals surface area (Å²) in [6.07, 6.45) is 1.94. The SMILES string of the molecule is CC.Cc1ccc(C(C)N2CCOCC2)nc1. The van der Waals surface area contributed by atoms with Crippen LogP contribution in [0.5, 0.6) is 0 Å². The normalized spacial score (nSPS) is 18.1. The third-order valence-electron chi connectivity index (χ3n) is 2.96. The molecule has 1 aliphatic rings. The maximum absolute atomic E-state index is 5.34. The lowest BCUT2D eigenvalue weighted by atomic mass is 10.1. The summed E-state index contributed by atoms with van der Waals surface area (Å²) in [7, 11) is 0. The third-order valence-corrected chi connectivity index (χ3v) is 2.96. The second-order valence-corrected chi connectivity index (χ2v) is 4.08. The van der Waals surface area contributed by atoms with E-state index in [1.807, 2.05) is 20.0 Å². The van der Waals surface area contributed by atoms with E-state index in [0.717, 1.165) is 32.0 Å². The van der Waals surface area contributed by atoms with Gasteiger partial charge in [-0.3, -0.25) is 9.88 Å². The third kappa shape index (κ3) is 4.10. The minimum atomic E-state index is 0.398. The van der Waals surface area contributed by atoms with Gasteiger partial charge in [0.05, 0.1) is 18.9 Å². The van der Waals surface area contributed by atoms with Crippen molar-refractivity contribution in [1.29, 1.82) is 0 Å². The first-order valence-electron chi connectivity index (χ1n) is 6.52. The molecule has 3 heteroatoms. The number of hydrogen-bond acceptors (Lipinski definition) is 3. The predicted octanol–water partition coefficient (Wildman–Crippen LogP) is 2.81. The van der Waals surface area contributed by atoms with Crippen LogP contribution in [0, 0.1) is 6.92 Å². The Kier molecular flexibility index (Phi) is 6.16. The summed E-state index contributed by atoms with van der Waals surface area (Å²) in [5, 5.41) is 0. The lowest BCUT2D eigenvalue weighted by Crippen LogP contribution is -2.38. The molecule has 2 rings (SSSR count). The summed E-state index contributed by atoms with van der Waals surface area (Å²) in [4.78, 5) is 6.89. The van der Waals surface area contributed by atoms with Gasteiger partial charge in [-0.2, -0.15) is 0 Å². The average molecular weight is 236 g/mol. The maximum Gasteiger partial charge on any atom is 0.0594 e. The fourth-order valence-corrected chi connectivity index (χ4v) is 1.88. The maximum atomic E-state index is 5.34. The monoisotopic (exact) mass is 236 g/mol. The highest BCUT2D eigenvalue weighted by Gasteiger charge is 2.18. The molecule has 0 amide bonds. The van der Waals surface area contributed by atoms with E-state index in [1.54, 1.807) is 0 Å². The van der Waals surface area contributed by atoms with E-state index < -0.39 is 0 Å². The Morgan fingerprint density at radius 3 is 2.41 bits per heavy atom. The molecule has 3 nitrogen and oxygen atoms in total. The van der Waals surface area contributed by atoms with Crippen LogP contribution in [0.25, 0.3) is 0 Å². The number of nitrogens with zero attached hydrogens (tertiary/aromatic N) is 2. The van der Waals surface area contributed by atoms with Crippen LogP contribution in [-0.2, 0) is 4.74 Å². The van der Waals surface area contributed by atoms with Crippen LogP contribution in [-0.4, -0.2) is 36.2 Å². The lowest BCUT2D eigenvalue weighted by molar-refractivity contribution is 0.0190. The molecule has 0 bridgehead atoms.